The molecule has 1 fully saturated rings. The molecule has 2 heterocycles. The monoisotopic (exact) mass is 355 g/mol. The Kier molecular flexibility index (Phi) is 5.01. The fourth-order valence-corrected chi connectivity index (χ4v) is 3.22. The van der Waals surface area contributed by atoms with Gasteiger partial charge in [0.1, 0.15) is 5.75 Å². The molecule has 136 valence electrons. The van der Waals surface area contributed by atoms with Crippen LogP contribution in [0, 0.1) is 12.8 Å². The number of benzene rings is 1. The summed E-state index contributed by atoms with van der Waals surface area (Å²) < 4.78 is 40.9. The molecular formula is C17H20F3N3O2. The van der Waals surface area contributed by atoms with E-state index >= 15 is 0 Å². The molecule has 0 aliphatic carbocycles. The number of ether oxygens (including phenoxy) is 1. The van der Waals surface area contributed by atoms with Gasteiger partial charge in [-0.3, -0.25) is 10.00 Å². The summed E-state index contributed by atoms with van der Waals surface area (Å²) in [6, 6.07) is 7.89. The number of alkyl halides is 3. The maximum absolute atomic E-state index is 12.3. The first kappa shape index (κ1) is 17.8. The molecule has 1 aromatic heterocycles. The highest BCUT2D eigenvalue weighted by atomic mass is 19.4. The number of rotatable bonds is 5. The quantitative estimate of drug-likeness (QED) is 0.866. The van der Waals surface area contributed by atoms with E-state index in [0.29, 0.717) is 31.6 Å². The number of aliphatic hydroxyl groups excluding tert-OH is 1. The lowest BCUT2D eigenvalue weighted by molar-refractivity contribution is -0.274. The van der Waals surface area contributed by atoms with Crippen molar-refractivity contribution in [1.82, 2.24) is 15.1 Å². The van der Waals surface area contributed by atoms with E-state index in [9.17, 15) is 18.3 Å². The minimum Gasteiger partial charge on any atom is -0.406 e. The van der Waals surface area contributed by atoms with Crippen LogP contribution in [0.1, 0.15) is 17.0 Å². The molecule has 5 nitrogen and oxygen atoms in total. The number of aromatic amines is 1. The Labute approximate surface area is 143 Å². The summed E-state index contributed by atoms with van der Waals surface area (Å²) in [6.45, 7) is 3.53. The SMILES string of the molecule is Cc1cc(C[C@@H]2CN(Cc3cccc(OC(F)(F)F)c3)C[C@@H]2O)n[nH]1. The molecule has 0 radical (unpaired) electrons. The standard InChI is InChI=1S/C17H20F3N3O2/c1-11-5-14(22-21-11)7-13-9-23(10-16(13)24)8-12-3-2-4-15(6-12)25-17(18,19)20/h2-6,13,16,24H,7-10H2,1H3,(H,21,22)/t13-,16+/m1/s1. The van der Waals surface area contributed by atoms with Crippen LogP contribution in [0.2, 0.25) is 0 Å². The lowest BCUT2D eigenvalue weighted by atomic mass is 10.0. The van der Waals surface area contributed by atoms with Gasteiger partial charge in [0, 0.05) is 31.2 Å². The van der Waals surface area contributed by atoms with E-state index in [4.69, 9.17) is 0 Å². The minimum atomic E-state index is -4.70. The van der Waals surface area contributed by atoms with Crippen molar-refractivity contribution >= 4 is 0 Å². The van der Waals surface area contributed by atoms with Gasteiger partial charge in [0.05, 0.1) is 11.8 Å². The van der Waals surface area contributed by atoms with Crippen molar-refractivity contribution in [2.75, 3.05) is 13.1 Å². The van der Waals surface area contributed by atoms with Gasteiger partial charge in [0.15, 0.2) is 0 Å². The Hall–Kier alpha value is -2.06. The van der Waals surface area contributed by atoms with E-state index in [1.54, 1.807) is 6.07 Å². The summed E-state index contributed by atoms with van der Waals surface area (Å²) in [4.78, 5) is 2.03. The Morgan fingerprint density at radius 3 is 2.80 bits per heavy atom. The second-order valence-electron chi connectivity index (χ2n) is 6.46. The van der Waals surface area contributed by atoms with Crippen molar-refractivity contribution in [1.29, 1.82) is 0 Å². The van der Waals surface area contributed by atoms with Crippen LogP contribution in [0.3, 0.4) is 0 Å². The number of H-pyrrole nitrogens is 1. The number of aryl methyl sites for hydroxylation is 1. The second-order valence-corrected chi connectivity index (χ2v) is 6.46. The third-order valence-electron chi connectivity index (χ3n) is 4.25. The molecule has 1 aliphatic rings. The Morgan fingerprint density at radius 2 is 2.12 bits per heavy atom. The minimum absolute atomic E-state index is 0.0531. The molecule has 1 aliphatic heterocycles. The van der Waals surface area contributed by atoms with E-state index in [1.807, 2.05) is 17.9 Å². The topological polar surface area (TPSA) is 61.4 Å². The van der Waals surface area contributed by atoms with Crippen LogP contribution in [-0.2, 0) is 13.0 Å². The van der Waals surface area contributed by atoms with E-state index in [2.05, 4.69) is 14.9 Å². The summed E-state index contributed by atoms with van der Waals surface area (Å²) in [7, 11) is 0. The number of nitrogens with zero attached hydrogens (tertiary/aromatic N) is 2. The zero-order chi connectivity index (χ0) is 18.0. The summed E-state index contributed by atoms with van der Waals surface area (Å²) >= 11 is 0. The van der Waals surface area contributed by atoms with E-state index in [-0.39, 0.29) is 11.7 Å². The van der Waals surface area contributed by atoms with Gasteiger partial charge in [-0.15, -0.1) is 13.2 Å². The highest BCUT2D eigenvalue weighted by molar-refractivity contribution is 5.28. The van der Waals surface area contributed by atoms with Gasteiger partial charge in [-0.2, -0.15) is 5.10 Å². The molecule has 0 amide bonds. The van der Waals surface area contributed by atoms with Crippen LogP contribution < -0.4 is 4.74 Å². The number of likely N-dealkylation sites (tertiary alicyclic amines) is 1. The van der Waals surface area contributed by atoms with Crippen molar-refractivity contribution in [2.24, 2.45) is 5.92 Å². The van der Waals surface area contributed by atoms with E-state index in [1.165, 1.54) is 18.2 Å². The fourth-order valence-electron chi connectivity index (χ4n) is 3.22. The second kappa shape index (κ2) is 7.05. The van der Waals surface area contributed by atoms with Crippen LogP contribution in [-0.4, -0.2) is 45.8 Å². The molecule has 2 atom stereocenters. The van der Waals surface area contributed by atoms with Crippen molar-refractivity contribution < 1.29 is 23.0 Å². The molecule has 3 rings (SSSR count). The molecule has 2 aromatic rings. The molecule has 1 aromatic carbocycles. The highest BCUT2D eigenvalue weighted by Crippen LogP contribution is 2.26. The highest BCUT2D eigenvalue weighted by Gasteiger charge is 2.33. The van der Waals surface area contributed by atoms with E-state index in [0.717, 1.165) is 11.4 Å². The summed E-state index contributed by atoms with van der Waals surface area (Å²) in [5, 5.41) is 17.3. The lowest BCUT2D eigenvalue weighted by Crippen LogP contribution is -2.21. The molecule has 0 saturated carbocycles. The number of hydrogen-bond donors (Lipinski definition) is 2. The third-order valence-corrected chi connectivity index (χ3v) is 4.25. The molecule has 2 N–H and O–H groups in total. The average molecular weight is 355 g/mol. The fraction of sp³-hybridized carbons (Fsp3) is 0.471. The average Bonchev–Trinajstić information content (AvgIpc) is 3.04. The Morgan fingerprint density at radius 1 is 1.32 bits per heavy atom. The Bertz CT molecular complexity index is 717. The van der Waals surface area contributed by atoms with Gasteiger partial charge in [-0.25, -0.2) is 0 Å². The van der Waals surface area contributed by atoms with Crippen molar-refractivity contribution in [3.8, 4) is 5.75 Å². The van der Waals surface area contributed by atoms with Gasteiger partial charge in [-0.1, -0.05) is 12.1 Å². The third kappa shape index (κ3) is 4.96. The van der Waals surface area contributed by atoms with Gasteiger partial charge in [0.2, 0.25) is 0 Å². The number of aromatic nitrogens is 2. The van der Waals surface area contributed by atoms with E-state index < -0.39 is 12.5 Å². The number of β-amino-alcohol motifs (C(OH)–C–C–N with tert-alkyl or cyclic N) is 1. The largest absolute Gasteiger partial charge is 0.573 e. The van der Waals surface area contributed by atoms with Gasteiger partial charge in [-0.05, 0) is 37.1 Å². The zero-order valence-electron chi connectivity index (χ0n) is 13.8. The zero-order valence-corrected chi connectivity index (χ0v) is 13.8. The smallest absolute Gasteiger partial charge is 0.406 e. The van der Waals surface area contributed by atoms with Crippen molar-refractivity contribution in [3.63, 3.8) is 0 Å². The summed E-state index contributed by atoms with van der Waals surface area (Å²) in [5.74, 6) is -0.175. The number of halogens is 3. The number of hydrogen-bond acceptors (Lipinski definition) is 4. The molecule has 0 bridgehead atoms. The molecule has 8 heteroatoms. The number of aliphatic hydroxyl groups is 1. The van der Waals surface area contributed by atoms with Crippen molar-refractivity contribution in [2.45, 2.75) is 32.4 Å². The predicted octanol–water partition coefficient (Wildman–Crippen LogP) is 2.65. The number of nitrogens with one attached hydrogen (secondary N) is 1. The summed E-state index contributed by atoms with van der Waals surface area (Å²) in [6.07, 6.45) is -4.51. The Balaban J connectivity index is 1.59. The van der Waals surface area contributed by atoms with Crippen LogP contribution in [0.15, 0.2) is 30.3 Å². The molecule has 1 saturated heterocycles. The maximum atomic E-state index is 12.3. The first-order chi connectivity index (χ1) is 11.8. The normalized spacial score (nSPS) is 21.6. The first-order valence-corrected chi connectivity index (χ1v) is 8.04. The van der Waals surface area contributed by atoms with Crippen LogP contribution >= 0.6 is 0 Å². The van der Waals surface area contributed by atoms with Crippen molar-refractivity contribution in [3.05, 3.63) is 47.3 Å². The first-order valence-electron chi connectivity index (χ1n) is 8.04. The lowest BCUT2D eigenvalue weighted by Gasteiger charge is -2.16. The molecule has 25 heavy (non-hydrogen) atoms. The predicted molar refractivity (Wildman–Crippen MR) is 84.9 cm³/mol. The maximum Gasteiger partial charge on any atom is 0.573 e. The van der Waals surface area contributed by atoms with Gasteiger partial charge < -0.3 is 9.84 Å². The molecule has 0 spiro atoms. The molecular weight excluding hydrogens is 335 g/mol. The van der Waals surface area contributed by atoms with Gasteiger partial charge in [0.25, 0.3) is 0 Å². The molecule has 0 unspecified atom stereocenters. The van der Waals surface area contributed by atoms with Gasteiger partial charge >= 0.3 is 6.36 Å². The van der Waals surface area contributed by atoms with Crippen LogP contribution in [0.4, 0.5) is 13.2 Å². The van der Waals surface area contributed by atoms with Crippen LogP contribution in [0.5, 0.6) is 5.75 Å². The van der Waals surface area contributed by atoms with Crippen LogP contribution in [0.25, 0.3) is 0 Å². The summed E-state index contributed by atoms with van der Waals surface area (Å²) in [5.41, 5.74) is 2.59.